The Morgan fingerprint density at radius 1 is 1.16 bits per heavy atom. The van der Waals surface area contributed by atoms with E-state index in [4.69, 9.17) is 26.9 Å². The van der Waals surface area contributed by atoms with Crippen LogP contribution in [0.2, 0.25) is 5.02 Å². The van der Waals surface area contributed by atoms with Crippen LogP contribution in [-0.4, -0.2) is 42.2 Å². The van der Waals surface area contributed by atoms with Gasteiger partial charge in [-0.25, -0.2) is 9.59 Å². The number of halogens is 1. The number of carbonyl (C=O) groups is 2. The Kier molecular flexibility index (Phi) is 9.77. The van der Waals surface area contributed by atoms with E-state index in [9.17, 15) is 14.7 Å². The molecule has 0 aliphatic heterocycles. The van der Waals surface area contributed by atoms with Gasteiger partial charge in [0.15, 0.2) is 5.84 Å². The van der Waals surface area contributed by atoms with Crippen LogP contribution in [0.4, 0.5) is 10.5 Å². The lowest BCUT2D eigenvalue weighted by Gasteiger charge is -2.19. The number of rotatable bonds is 10. The number of carbonyl (C=O) groups excluding carboxylic acids is 2. The first-order chi connectivity index (χ1) is 15.3. The van der Waals surface area contributed by atoms with Gasteiger partial charge in [0.1, 0.15) is 0 Å². The minimum absolute atomic E-state index is 0.0276. The normalized spacial score (nSPS) is 13.1. The fourth-order valence-corrected chi connectivity index (χ4v) is 2.81. The van der Waals surface area contributed by atoms with Crippen molar-refractivity contribution in [2.24, 2.45) is 10.9 Å². The molecule has 2 rings (SSSR count). The minimum Gasteiger partial charge on any atom is -0.463 e. The lowest BCUT2D eigenvalue weighted by Crippen LogP contribution is -2.47. The number of hydrogen-bond acceptors (Lipinski definition) is 6. The molecular formula is C22H27ClN4O5. The second kappa shape index (κ2) is 12.5. The van der Waals surface area contributed by atoms with Crippen molar-refractivity contribution in [1.29, 1.82) is 0 Å². The predicted molar refractivity (Wildman–Crippen MR) is 122 cm³/mol. The Labute approximate surface area is 191 Å². The van der Waals surface area contributed by atoms with E-state index < -0.39 is 30.8 Å². The summed E-state index contributed by atoms with van der Waals surface area (Å²) in [4.78, 5) is 28.9. The van der Waals surface area contributed by atoms with Crippen molar-refractivity contribution < 1.29 is 24.3 Å². The summed E-state index contributed by atoms with van der Waals surface area (Å²) in [6.07, 6.45) is -0.294. The number of nitrogens with zero attached hydrogens (tertiary/aromatic N) is 1. The van der Waals surface area contributed by atoms with Crippen molar-refractivity contribution in [2.45, 2.75) is 32.4 Å². The Hall–Kier alpha value is -3.30. The SMILES string of the molecule is CCOC(=O)CO/N=C(\N)[C@H](Cc1ccc(C(C)O)cc1)NC(=O)Nc1ccc(Cl)cc1. The Morgan fingerprint density at radius 2 is 1.81 bits per heavy atom. The van der Waals surface area contributed by atoms with Crippen molar-refractivity contribution >= 4 is 35.1 Å². The van der Waals surface area contributed by atoms with Gasteiger partial charge in [-0.2, -0.15) is 0 Å². The summed E-state index contributed by atoms with van der Waals surface area (Å²) in [6.45, 7) is 3.17. The molecule has 0 aliphatic carbocycles. The van der Waals surface area contributed by atoms with Crippen LogP contribution in [0.25, 0.3) is 0 Å². The van der Waals surface area contributed by atoms with Gasteiger partial charge >= 0.3 is 12.0 Å². The van der Waals surface area contributed by atoms with Crippen molar-refractivity contribution in [3.63, 3.8) is 0 Å². The Balaban J connectivity index is 2.10. The summed E-state index contributed by atoms with van der Waals surface area (Å²) in [6, 6.07) is 12.6. The third-order valence-electron chi connectivity index (χ3n) is 4.32. The van der Waals surface area contributed by atoms with Crippen LogP contribution < -0.4 is 16.4 Å². The molecule has 0 spiro atoms. The van der Waals surface area contributed by atoms with Gasteiger partial charge in [0, 0.05) is 17.1 Å². The third kappa shape index (κ3) is 8.44. The first kappa shape index (κ1) is 25.0. The molecular weight excluding hydrogens is 436 g/mol. The lowest BCUT2D eigenvalue weighted by molar-refractivity contribution is -0.148. The number of nitrogens with one attached hydrogen (secondary N) is 2. The van der Waals surface area contributed by atoms with E-state index >= 15 is 0 Å². The van der Waals surface area contributed by atoms with Gasteiger partial charge in [-0.15, -0.1) is 0 Å². The number of nitrogens with two attached hydrogens (primary N) is 1. The highest BCUT2D eigenvalue weighted by Gasteiger charge is 2.19. The second-order valence-electron chi connectivity index (χ2n) is 6.87. The van der Waals surface area contributed by atoms with Crippen LogP contribution in [-0.2, 0) is 20.8 Å². The van der Waals surface area contributed by atoms with Crippen LogP contribution in [0.3, 0.4) is 0 Å². The number of esters is 1. The van der Waals surface area contributed by atoms with Crippen LogP contribution in [0.15, 0.2) is 53.7 Å². The van der Waals surface area contributed by atoms with E-state index in [1.54, 1.807) is 50.2 Å². The number of benzene rings is 2. The zero-order valence-corrected chi connectivity index (χ0v) is 18.6. The van der Waals surface area contributed by atoms with Gasteiger partial charge < -0.3 is 31.0 Å². The molecule has 2 aromatic carbocycles. The molecule has 2 atom stereocenters. The number of anilines is 1. The fourth-order valence-electron chi connectivity index (χ4n) is 2.68. The van der Waals surface area contributed by atoms with Crippen molar-refractivity contribution in [3.8, 4) is 0 Å². The van der Waals surface area contributed by atoms with Crippen LogP contribution in [0.1, 0.15) is 31.1 Å². The zero-order valence-electron chi connectivity index (χ0n) is 17.9. The van der Waals surface area contributed by atoms with Crippen LogP contribution >= 0.6 is 11.6 Å². The van der Waals surface area contributed by atoms with Crippen molar-refractivity contribution in [1.82, 2.24) is 5.32 Å². The first-order valence-corrected chi connectivity index (χ1v) is 10.4. The topological polar surface area (TPSA) is 135 Å². The largest absolute Gasteiger partial charge is 0.463 e. The van der Waals surface area contributed by atoms with Gasteiger partial charge in [-0.1, -0.05) is 41.0 Å². The summed E-state index contributed by atoms with van der Waals surface area (Å²) in [5, 5.41) is 19.4. The summed E-state index contributed by atoms with van der Waals surface area (Å²) in [5.41, 5.74) is 8.19. The second-order valence-corrected chi connectivity index (χ2v) is 7.31. The number of oxime groups is 1. The molecule has 1 unspecified atom stereocenters. The summed E-state index contributed by atoms with van der Waals surface area (Å²) in [7, 11) is 0. The lowest BCUT2D eigenvalue weighted by atomic mass is 10.0. The molecule has 5 N–H and O–H groups in total. The van der Waals surface area contributed by atoms with E-state index in [0.717, 1.165) is 11.1 Å². The van der Waals surface area contributed by atoms with Crippen LogP contribution in [0, 0.1) is 0 Å². The average Bonchev–Trinajstić information content (AvgIpc) is 2.75. The number of ether oxygens (including phenoxy) is 1. The fraction of sp³-hybridized carbons (Fsp3) is 0.318. The van der Waals surface area contributed by atoms with E-state index in [-0.39, 0.29) is 12.4 Å². The van der Waals surface area contributed by atoms with E-state index in [1.807, 2.05) is 12.1 Å². The van der Waals surface area contributed by atoms with Crippen molar-refractivity contribution in [3.05, 3.63) is 64.7 Å². The molecule has 2 amide bonds. The maximum Gasteiger partial charge on any atom is 0.347 e. The Morgan fingerprint density at radius 3 is 2.41 bits per heavy atom. The predicted octanol–water partition coefficient (Wildman–Crippen LogP) is 2.98. The third-order valence-corrected chi connectivity index (χ3v) is 4.58. The van der Waals surface area contributed by atoms with Gasteiger partial charge in [0.05, 0.1) is 18.8 Å². The van der Waals surface area contributed by atoms with Gasteiger partial charge in [-0.3, -0.25) is 0 Å². The number of aliphatic hydroxyl groups excluding tert-OH is 1. The molecule has 0 bridgehead atoms. The number of aliphatic hydroxyl groups is 1. The maximum absolute atomic E-state index is 12.5. The monoisotopic (exact) mass is 462 g/mol. The molecule has 32 heavy (non-hydrogen) atoms. The standard InChI is InChI=1S/C22H27ClN4O5/c1-3-31-20(29)13-32-27-21(24)19(12-15-4-6-16(7-5-15)14(2)28)26-22(30)25-18-10-8-17(23)9-11-18/h4-11,14,19,28H,3,12-13H2,1-2H3,(H2,24,27)(H2,25,26,30)/t14?,19-/m0/s1. The quantitative estimate of drug-likeness (QED) is 0.185. The van der Waals surface area contributed by atoms with E-state index in [2.05, 4.69) is 15.8 Å². The number of amides is 2. The van der Waals surface area contributed by atoms with Gasteiger partial charge in [0.2, 0.25) is 6.61 Å². The highest BCUT2D eigenvalue weighted by molar-refractivity contribution is 6.30. The van der Waals surface area contributed by atoms with E-state index in [0.29, 0.717) is 17.1 Å². The average molecular weight is 463 g/mol. The molecule has 9 nitrogen and oxygen atoms in total. The number of hydrogen-bond donors (Lipinski definition) is 4. The number of amidine groups is 1. The zero-order chi connectivity index (χ0) is 23.5. The van der Waals surface area contributed by atoms with Gasteiger partial charge in [0.25, 0.3) is 0 Å². The molecule has 2 aromatic rings. The van der Waals surface area contributed by atoms with Crippen LogP contribution in [0.5, 0.6) is 0 Å². The summed E-state index contributed by atoms with van der Waals surface area (Å²) in [5.74, 6) is -0.608. The molecule has 10 heteroatoms. The maximum atomic E-state index is 12.5. The molecule has 0 radical (unpaired) electrons. The molecule has 172 valence electrons. The highest BCUT2D eigenvalue weighted by Crippen LogP contribution is 2.15. The molecule has 0 saturated heterocycles. The smallest absolute Gasteiger partial charge is 0.347 e. The molecule has 0 fully saturated rings. The molecule has 0 heterocycles. The molecule has 0 saturated carbocycles. The van der Waals surface area contributed by atoms with E-state index in [1.165, 1.54) is 0 Å². The summed E-state index contributed by atoms with van der Waals surface area (Å²) < 4.78 is 4.77. The Bertz CT molecular complexity index is 917. The highest BCUT2D eigenvalue weighted by atomic mass is 35.5. The van der Waals surface area contributed by atoms with Crippen molar-refractivity contribution in [2.75, 3.05) is 18.5 Å². The van der Waals surface area contributed by atoms with Gasteiger partial charge in [-0.05, 0) is 49.2 Å². The number of urea groups is 1. The molecule has 0 aliphatic rings. The minimum atomic E-state index is -0.734. The molecule has 0 aromatic heterocycles. The summed E-state index contributed by atoms with van der Waals surface area (Å²) >= 11 is 5.86. The first-order valence-electron chi connectivity index (χ1n) is 9.99.